The highest BCUT2D eigenvalue weighted by Crippen LogP contribution is 2.32. The van der Waals surface area contributed by atoms with Gasteiger partial charge in [-0.05, 0) is 30.3 Å². The van der Waals surface area contributed by atoms with Gasteiger partial charge in [-0.1, -0.05) is 32.0 Å². The van der Waals surface area contributed by atoms with Gasteiger partial charge >= 0.3 is 0 Å². The number of hydrogen-bond donors (Lipinski definition) is 1. The molecule has 1 N–H and O–H groups in total. The molecule has 2 aromatic carbocycles. The van der Waals surface area contributed by atoms with Crippen molar-refractivity contribution in [3.63, 3.8) is 0 Å². The van der Waals surface area contributed by atoms with Crippen LogP contribution in [0.1, 0.15) is 42.4 Å². The molecule has 0 spiro atoms. The minimum absolute atomic E-state index is 0.263. The minimum atomic E-state index is 0.263. The zero-order chi connectivity index (χ0) is 20.4. The Hall–Kier alpha value is -2.92. The van der Waals surface area contributed by atoms with Gasteiger partial charge in [0.05, 0.1) is 18.5 Å². The van der Waals surface area contributed by atoms with Crippen molar-refractivity contribution in [1.29, 1.82) is 0 Å². The molecule has 3 aromatic rings. The molecule has 29 heavy (non-hydrogen) atoms. The van der Waals surface area contributed by atoms with Crippen LogP contribution in [0.5, 0.6) is 11.5 Å². The number of hydrogen-bond acceptors (Lipinski definition) is 5. The number of aromatic nitrogens is 2. The molecule has 1 aliphatic heterocycles. The first kappa shape index (κ1) is 19.4. The van der Waals surface area contributed by atoms with E-state index in [0.717, 1.165) is 54.6 Å². The van der Waals surface area contributed by atoms with Crippen LogP contribution in [-0.4, -0.2) is 33.6 Å². The number of phenols is 1. The lowest BCUT2D eigenvalue weighted by Crippen LogP contribution is -2.32. The summed E-state index contributed by atoms with van der Waals surface area (Å²) in [6, 6.07) is 15.5. The van der Waals surface area contributed by atoms with E-state index < -0.39 is 0 Å². The Bertz CT molecular complexity index is 1000. The van der Waals surface area contributed by atoms with Crippen LogP contribution in [0.25, 0.3) is 11.3 Å². The van der Waals surface area contributed by atoms with E-state index in [1.807, 2.05) is 24.3 Å². The third kappa shape index (κ3) is 4.10. The van der Waals surface area contributed by atoms with E-state index in [1.54, 1.807) is 19.2 Å². The molecule has 0 radical (unpaired) electrons. The molecule has 4 rings (SSSR count). The molecule has 0 fully saturated rings. The largest absolute Gasteiger partial charge is 0.508 e. The van der Waals surface area contributed by atoms with Gasteiger partial charge in [0, 0.05) is 48.7 Å². The fourth-order valence-corrected chi connectivity index (χ4v) is 3.81. The predicted molar refractivity (Wildman–Crippen MR) is 114 cm³/mol. The van der Waals surface area contributed by atoms with Crippen molar-refractivity contribution in [2.45, 2.75) is 39.3 Å². The van der Waals surface area contributed by atoms with Crippen LogP contribution < -0.4 is 4.74 Å². The Morgan fingerprint density at radius 1 is 1.07 bits per heavy atom. The van der Waals surface area contributed by atoms with E-state index in [1.165, 1.54) is 11.1 Å². The first-order chi connectivity index (χ1) is 14.0. The lowest BCUT2D eigenvalue weighted by atomic mass is 9.97. The molecule has 0 saturated carbocycles. The minimum Gasteiger partial charge on any atom is -0.508 e. The van der Waals surface area contributed by atoms with Gasteiger partial charge in [-0.2, -0.15) is 0 Å². The second-order valence-corrected chi connectivity index (χ2v) is 7.83. The van der Waals surface area contributed by atoms with Crippen molar-refractivity contribution >= 4 is 0 Å². The highest BCUT2D eigenvalue weighted by atomic mass is 16.5. The van der Waals surface area contributed by atoms with Crippen molar-refractivity contribution in [3.05, 3.63) is 71.2 Å². The Labute approximate surface area is 172 Å². The molecule has 1 aromatic heterocycles. The zero-order valence-corrected chi connectivity index (χ0v) is 17.2. The third-order valence-electron chi connectivity index (χ3n) is 5.40. The molecular formula is C24H27N3O2. The van der Waals surface area contributed by atoms with Gasteiger partial charge < -0.3 is 9.84 Å². The van der Waals surface area contributed by atoms with E-state index in [4.69, 9.17) is 14.7 Å². The summed E-state index contributed by atoms with van der Waals surface area (Å²) in [5.74, 6) is 2.33. The maximum absolute atomic E-state index is 9.69. The van der Waals surface area contributed by atoms with Crippen LogP contribution in [0.4, 0.5) is 0 Å². The summed E-state index contributed by atoms with van der Waals surface area (Å²) in [5, 5.41) is 9.69. The molecule has 5 nitrogen and oxygen atoms in total. The molecule has 0 unspecified atom stereocenters. The molecular weight excluding hydrogens is 362 g/mol. The molecule has 0 amide bonds. The van der Waals surface area contributed by atoms with Gasteiger partial charge in [0.25, 0.3) is 0 Å². The first-order valence-electron chi connectivity index (χ1n) is 10.1. The molecule has 5 heteroatoms. The summed E-state index contributed by atoms with van der Waals surface area (Å²) in [5.41, 5.74) is 5.50. The van der Waals surface area contributed by atoms with Crippen molar-refractivity contribution in [2.24, 2.45) is 0 Å². The Kier molecular flexibility index (Phi) is 5.49. The van der Waals surface area contributed by atoms with Crippen LogP contribution in [0.3, 0.4) is 0 Å². The molecule has 0 atom stereocenters. The molecule has 1 aliphatic rings. The number of aromatic hydroxyl groups is 1. The lowest BCUT2D eigenvalue weighted by Gasteiger charge is -2.30. The van der Waals surface area contributed by atoms with Crippen LogP contribution in [0, 0.1) is 0 Å². The maximum Gasteiger partial charge on any atom is 0.131 e. The fourth-order valence-electron chi connectivity index (χ4n) is 3.81. The first-order valence-corrected chi connectivity index (χ1v) is 10.1. The number of benzene rings is 2. The summed E-state index contributed by atoms with van der Waals surface area (Å²) in [6.45, 7) is 6.82. The molecule has 150 valence electrons. The van der Waals surface area contributed by atoms with Crippen LogP contribution in [-0.2, 0) is 19.5 Å². The summed E-state index contributed by atoms with van der Waals surface area (Å²) >= 11 is 0. The predicted octanol–water partition coefficient (Wildman–Crippen LogP) is 4.54. The average molecular weight is 389 g/mol. The lowest BCUT2D eigenvalue weighted by molar-refractivity contribution is 0.239. The van der Waals surface area contributed by atoms with Crippen molar-refractivity contribution < 1.29 is 9.84 Å². The van der Waals surface area contributed by atoms with Crippen molar-refractivity contribution in [2.75, 3.05) is 13.7 Å². The fraction of sp³-hybridized carbons (Fsp3) is 0.333. The smallest absolute Gasteiger partial charge is 0.131 e. The number of phenolic OH excluding ortho intramolecular Hbond substituents is 1. The summed E-state index contributed by atoms with van der Waals surface area (Å²) in [6.07, 6.45) is 0.901. The van der Waals surface area contributed by atoms with Crippen molar-refractivity contribution in [3.8, 4) is 22.8 Å². The highest BCUT2D eigenvalue weighted by Gasteiger charge is 2.24. The second-order valence-electron chi connectivity index (χ2n) is 7.83. The SMILES string of the molecule is COc1ccccc1CN1CCc2nc(C(C)C)nc(-c3ccc(O)cc3)c2C1. The standard InChI is InChI=1S/C24H27N3O2/c1-16(2)24-25-21-12-13-27(14-18-6-4-5-7-22(18)29-3)15-20(21)23(26-24)17-8-10-19(28)11-9-17/h4-11,16,28H,12-15H2,1-3H3. The summed E-state index contributed by atoms with van der Waals surface area (Å²) in [4.78, 5) is 12.2. The van der Waals surface area contributed by atoms with Gasteiger partial charge in [0.1, 0.15) is 17.3 Å². The average Bonchev–Trinajstić information content (AvgIpc) is 2.74. The quantitative estimate of drug-likeness (QED) is 0.694. The van der Waals surface area contributed by atoms with E-state index in [-0.39, 0.29) is 11.7 Å². The number of ether oxygens (including phenoxy) is 1. The van der Waals surface area contributed by atoms with Gasteiger partial charge in [-0.25, -0.2) is 9.97 Å². The summed E-state index contributed by atoms with van der Waals surface area (Å²) < 4.78 is 5.53. The van der Waals surface area contributed by atoms with Crippen LogP contribution >= 0.6 is 0 Å². The molecule has 2 heterocycles. The second kappa shape index (κ2) is 8.21. The van der Waals surface area contributed by atoms with Gasteiger partial charge in [0.15, 0.2) is 0 Å². The molecule has 0 aliphatic carbocycles. The van der Waals surface area contributed by atoms with Gasteiger partial charge in [-0.15, -0.1) is 0 Å². The van der Waals surface area contributed by atoms with E-state index >= 15 is 0 Å². The van der Waals surface area contributed by atoms with Crippen LogP contribution in [0.2, 0.25) is 0 Å². The number of rotatable bonds is 5. The number of fused-ring (bicyclic) bond motifs is 1. The molecule has 0 saturated heterocycles. The third-order valence-corrected chi connectivity index (χ3v) is 5.40. The Morgan fingerprint density at radius 3 is 2.55 bits per heavy atom. The normalized spacial score (nSPS) is 14.1. The monoisotopic (exact) mass is 389 g/mol. The Balaban J connectivity index is 1.70. The zero-order valence-electron chi connectivity index (χ0n) is 17.2. The Morgan fingerprint density at radius 2 is 1.83 bits per heavy atom. The van der Waals surface area contributed by atoms with E-state index in [2.05, 4.69) is 30.9 Å². The van der Waals surface area contributed by atoms with E-state index in [0.29, 0.717) is 0 Å². The summed E-state index contributed by atoms with van der Waals surface area (Å²) in [7, 11) is 1.72. The van der Waals surface area contributed by atoms with Gasteiger partial charge in [0.2, 0.25) is 0 Å². The van der Waals surface area contributed by atoms with Gasteiger partial charge in [-0.3, -0.25) is 4.90 Å². The highest BCUT2D eigenvalue weighted by molar-refractivity contribution is 5.65. The number of methoxy groups -OCH3 is 1. The topological polar surface area (TPSA) is 58.5 Å². The molecule has 0 bridgehead atoms. The number of nitrogens with zero attached hydrogens (tertiary/aromatic N) is 3. The van der Waals surface area contributed by atoms with Crippen LogP contribution in [0.15, 0.2) is 48.5 Å². The number of para-hydroxylation sites is 1. The maximum atomic E-state index is 9.69. The van der Waals surface area contributed by atoms with E-state index in [9.17, 15) is 5.11 Å². The van der Waals surface area contributed by atoms with Crippen molar-refractivity contribution in [1.82, 2.24) is 14.9 Å².